The summed E-state index contributed by atoms with van der Waals surface area (Å²) in [5.74, 6) is 2.16. The molecular weight excluding hydrogens is 336 g/mol. The van der Waals surface area contributed by atoms with Crippen molar-refractivity contribution in [2.24, 2.45) is 0 Å². The third-order valence-corrected chi connectivity index (χ3v) is 4.07. The van der Waals surface area contributed by atoms with E-state index in [1.807, 2.05) is 12.1 Å². The van der Waals surface area contributed by atoms with Crippen molar-refractivity contribution in [2.45, 2.75) is 0 Å². The first-order valence-electron chi connectivity index (χ1n) is 7.92. The fourth-order valence-electron chi connectivity index (χ4n) is 2.51. The summed E-state index contributed by atoms with van der Waals surface area (Å²) in [4.78, 5) is 15.9. The lowest BCUT2D eigenvalue weighted by Gasteiger charge is -2.26. The van der Waals surface area contributed by atoms with Crippen molar-refractivity contribution < 1.29 is 23.7 Å². The zero-order valence-electron chi connectivity index (χ0n) is 15.9. The standard InChI is InChI=1S/C19H24N2O5/c1-20(13-7-9-15(23-3)10-8-13)19(22)21(2)14-11-16(24-4)18(26-6)17(12-14)25-5/h7-12H,1-6H3. The van der Waals surface area contributed by atoms with Crippen molar-refractivity contribution in [2.75, 3.05) is 52.3 Å². The van der Waals surface area contributed by atoms with Crippen LogP contribution >= 0.6 is 0 Å². The number of ether oxygens (including phenoxy) is 4. The molecule has 0 N–H and O–H groups in total. The zero-order chi connectivity index (χ0) is 19.3. The molecule has 0 saturated heterocycles. The average molecular weight is 360 g/mol. The molecule has 0 aliphatic heterocycles. The van der Waals surface area contributed by atoms with Crippen molar-refractivity contribution in [3.8, 4) is 23.0 Å². The number of anilines is 2. The van der Waals surface area contributed by atoms with E-state index in [0.717, 1.165) is 11.4 Å². The molecule has 7 nitrogen and oxygen atoms in total. The number of rotatable bonds is 6. The number of nitrogens with zero attached hydrogens (tertiary/aromatic N) is 2. The van der Waals surface area contributed by atoms with Crippen LogP contribution in [0.4, 0.5) is 16.2 Å². The van der Waals surface area contributed by atoms with Gasteiger partial charge in [-0.25, -0.2) is 4.79 Å². The second-order valence-corrected chi connectivity index (χ2v) is 5.48. The molecule has 0 bridgehead atoms. The summed E-state index contributed by atoms with van der Waals surface area (Å²) < 4.78 is 21.2. The summed E-state index contributed by atoms with van der Waals surface area (Å²) in [7, 11) is 9.59. The number of carbonyl (C=O) groups excluding carboxylic acids is 1. The van der Waals surface area contributed by atoms with Crippen LogP contribution in [-0.4, -0.2) is 48.6 Å². The zero-order valence-corrected chi connectivity index (χ0v) is 15.9. The van der Waals surface area contributed by atoms with Gasteiger partial charge in [-0.2, -0.15) is 0 Å². The van der Waals surface area contributed by atoms with Crippen LogP contribution in [0.1, 0.15) is 0 Å². The van der Waals surface area contributed by atoms with Gasteiger partial charge in [-0.1, -0.05) is 0 Å². The average Bonchev–Trinajstić information content (AvgIpc) is 2.70. The van der Waals surface area contributed by atoms with E-state index in [1.165, 1.54) is 26.2 Å². The Hall–Kier alpha value is -3.09. The van der Waals surface area contributed by atoms with Crippen LogP contribution < -0.4 is 28.7 Å². The topological polar surface area (TPSA) is 60.5 Å². The lowest BCUT2D eigenvalue weighted by atomic mass is 10.2. The van der Waals surface area contributed by atoms with Crippen LogP contribution in [0.2, 0.25) is 0 Å². The first kappa shape index (κ1) is 19.2. The second kappa shape index (κ2) is 8.33. The molecule has 0 aliphatic carbocycles. The first-order chi connectivity index (χ1) is 12.5. The molecule has 0 unspecified atom stereocenters. The fraction of sp³-hybridized carbons (Fsp3) is 0.316. The summed E-state index contributed by atoms with van der Waals surface area (Å²) in [5, 5.41) is 0. The van der Waals surface area contributed by atoms with Gasteiger partial charge in [0, 0.05) is 31.9 Å². The Bertz CT molecular complexity index is 736. The van der Waals surface area contributed by atoms with E-state index in [2.05, 4.69) is 0 Å². The van der Waals surface area contributed by atoms with Gasteiger partial charge < -0.3 is 18.9 Å². The number of amides is 2. The normalized spacial score (nSPS) is 10.1. The molecule has 0 aliphatic rings. The third-order valence-electron chi connectivity index (χ3n) is 4.07. The van der Waals surface area contributed by atoms with Crippen LogP contribution in [-0.2, 0) is 0 Å². The predicted molar refractivity (Wildman–Crippen MR) is 101 cm³/mol. The van der Waals surface area contributed by atoms with Gasteiger partial charge in [0.1, 0.15) is 5.75 Å². The lowest BCUT2D eigenvalue weighted by Crippen LogP contribution is -2.38. The van der Waals surface area contributed by atoms with E-state index in [0.29, 0.717) is 22.9 Å². The quantitative estimate of drug-likeness (QED) is 0.790. The number of methoxy groups -OCH3 is 4. The van der Waals surface area contributed by atoms with Crippen molar-refractivity contribution >= 4 is 17.4 Å². The van der Waals surface area contributed by atoms with E-state index < -0.39 is 0 Å². The Morgan fingerprint density at radius 3 is 1.65 bits per heavy atom. The lowest BCUT2D eigenvalue weighted by molar-refractivity contribution is 0.253. The van der Waals surface area contributed by atoms with Crippen molar-refractivity contribution in [1.29, 1.82) is 0 Å². The van der Waals surface area contributed by atoms with Gasteiger partial charge in [-0.15, -0.1) is 0 Å². The molecule has 0 spiro atoms. The predicted octanol–water partition coefficient (Wildman–Crippen LogP) is 3.41. The van der Waals surface area contributed by atoms with Gasteiger partial charge in [0.2, 0.25) is 5.75 Å². The highest BCUT2D eigenvalue weighted by Crippen LogP contribution is 2.41. The molecule has 0 radical (unpaired) electrons. The highest BCUT2D eigenvalue weighted by atomic mass is 16.5. The Balaban J connectivity index is 2.31. The minimum atomic E-state index is -0.218. The molecule has 0 atom stereocenters. The molecule has 2 amide bonds. The van der Waals surface area contributed by atoms with E-state index in [-0.39, 0.29) is 6.03 Å². The Morgan fingerprint density at radius 2 is 1.23 bits per heavy atom. The van der Waals surface area contributed by atoms with Crippen LogP contribution in [0.3, 0.4) is 0 Å². The Kier molecular flexibility index (Phi) is 6.16. The van der Waals surface area contributed by atoms with Gasteiger partial charge in [0.25, 0.3) is 0 Å². The van der Waals surface area contributed by atoms with Gasteiger partial charge in [-0.3, -0.25) is 9.80 Å². The molecular formula is C19H24N2O5. The summed E-state index contributed by atoms with van der Waals surface area (Å²) >= 11 is 0. The maximum Gasteiger partial charge on any atom is 0.328 e. The van der Waals surface area contributed by atoms with Gasteiger partial charge >= 0.3 is 6.03 Å². The minimum Gasteiger partial charge on any atom is -0.497 e. The number of urea groups is 1. The molecule has 0 saturated carbocycles. The first-order valence-corrected chi connectivity index (χ1v) is 7.92. The largest absolute Gasteiger partial charge is 0.497 e. The van der Waals surface area contributed by atoms with Crippen molar-refractivity contribution in [3.63, 3.8) is 0 Å². The Morgan fingerprint density at radius 1 is 0.731 bits per heavy atom. The smallest absolute Gasteiger partial charge is 0.328 e. The number of carbonyl (C=O) groups is 1. The van der Waals surface area contributed by atoms with Crippen molar-refractivity contribution in [3.05, 3.63) is 36.4 Å². The summed E-state index contributed by atoms with van der Waals surface area (Å²) in [6.07, 6.45) is 0. The minimum absolute atomic E-state index is 0.218. The van der Waals surface area contributed by atoms with Crippen LogP contribution in [0.5, 0.6) is 23.0 Å². The number of hydrogen-bond donors (Lipinski definition) is 0. The maximum absolute atomic E-state index is 12.9. The molecule has 0 fully saturated rings. The van der Waals surface area contributed by atoms with E-state index in [1.54, 1.807) is 50.4 Å². The monoisotopic (exact) mass is 360 g/mol. The Labute approximate surface area is 153 Å². The molecule has 26 heavy (non-hydrogen) atoms. The maximum atomic E-state index is 12.9. The molecule has 2 rings (SSSR count). The summed E-state index contributed by atoms with van der Waals surface area (Å²) in [6, 6.07) is 10.5. The van der Waals surface area contributed by atoms with Crippen molar-refractivity contribution in [1.82, 2.24) is 0 Å². The molecule has 7 heteroatoms. The highest BCUT2D eigenvalue weighted by Gasteiger charge is 2.21. The van der Waals surface area contributed by atoms with Gasteiger partial charge in [-0.05, 0) is 24.3 Å². The third kappa shape index (κ3) is 3.77. The van der Waals surface area contributed by atoms with Gasteiger partial charge in [0.15, 0.2) is 11.5 Å². The molecule has 0 aromatic heterocycles. The second-order valence-electron chi connectivity index (χ2n) is 5.48. The van der Waals surface area contributed by atoms with Gasteiger partial charge in [0.05, 0.1) is 34.1 Å². The van der Waals surface area contributed by atoms with E-state index in [4.69, 9.17) is 18.9 Å². The number of benzene rings is 2. The van der Waals surface area contributed by atoms with E-state index in [9.17, 15) is 4.79 Å². The fourth-order valence-corrected chi connectivity index (χ4v) is 2.51. The molecule has 140 valence electrons. The number of hydrogen-bond acceptors (Lipinski definition) is 5. The highest BCUT2D eigenvalue weighted by molar-refractivity contribution is 6.03. The van der Waals surface area contributed by atoms with Crippen LogP contribution in [0, 0.1) is 0 Å². The SMILES string of the molecule is COc1ccc(N(C)C(=O)N(C)c2cc(OC)c(OC)c(OC)c2)cc1. The molecule has 2 aromatic rings. The molecule has 0 heterocycles. The molecule has 2 aromatic carbocycles. The van der Waals surface area contributed by atoms with E-state index >= 15 is 0 Å². The van der Waals surface area contributed by atoms with Crippen LogP contribution in [0.15, 0.2) is 36.4 Å². The van der Waals surface area contributed by atoms with Crippen LogP contribution in [0.25, 0.3) is 0 Å². The summed E-state index contributed by atoms with van der Waals surface area (Å²) in [5.41, 5.74) is 1.36. The summed E-state index contributed by atoms with van der Waals surface area (Å²) in [6.45, 7) is 0.